The van der Waals surface area contributed by atoms with E-state index in [1.54, 1.807) is 0 Å². The van der Waals surface area contributed by atoms with Crippen molar-refractivity contribution in [2.45, 2.75) is 44.6 Å². The second-order valence-electron chi connectivity index (χ2n) is 4.66. The molecular weight excluding hydrogens is 214 g/mol. The lowest BCUT2D eigenvalue weighted by atomic mass is 9.87. The minimum atomic E-state index is -0.632. The van der Waals surface area contributed by atoms with Crippen LogP contribution in [0.15, 0.2) is 0 Å². The third-order valence-corrected chi connectivity index (χ3v) is 3.70. The lowest BCUT2D eigenvalue weighted by Crippen LogP contribution is -2.44. The molecule has 1 N–H and O–H groups in total. The predicted molar refractivity (Wildman–Crippen MR) is 61.4 cm³/mol. The Morgan fingerprint density at radius 3 is 2.20 bits per heavy atom. The molecule has 2 fully saturated rings. The molecule has 0 aromatic heterocycles. The molecule has 4 heteroatoms. The van der Waals surface area contributed by atoms with E-state index in [4.69, 9.17) is 5.11 Å². The van der Waals surface area contributed by atoms with E-state index in [0.29, 0.717) is 12.3 Å². The van der Waals surface area contributed by atoms with Gasteiger partial charge in [0, 0.05) is 12.5 Å². The number of carbonyl (C=O) groups is 1. The van der Waals surface area contributed by atoms with Crippen LogP contribution >= 0.6 is 12.4 Å². The summed E-state index contributed by atoms with van der Waals surface area (Å²) in [5, 5.41) is 8.68. The Balaban J connectivity index is 0.00000112. The molecule has 88 valence electrons. The molecule has 0 bridgehead atoms. The molecule has 0 amide bonds. The summed E-state index contributed by atoms with van der Waals surface area (Å²) < 4.78 is 0. The monoisotopic (exact) mass is 233 g/mol. The highest BCUT2D eigenvalue weighted by Gasteiger charge is 2.29. The Bertz CT molecular complexity index is 211. The summed E-state index contributed by atoms with van der Waals surface area (Å²) in [5.41, 5.74) is 0. The molecule has 1 aliphatic carbocycles. The fraction of sp³-hybridized carbons (Fsp3) is 0.909. The van der Waals surface area contributed by atoms with Crippen molar-refractivity contribution in [1.82, 2.24) is 4.90 Å². The molecule has 1 aliphatic heterocycles. The zero-order chi connectivity index (χ0) is 9.97. The molecule has 2 aliphatic rings. The maximum atomic E-state index is 10.5. The second kappa shape index (κ2) is 5.71. The van der Waals surface area contributed by atoms with Gasteiger partial charge >= 0.3 is 5.97 Å². The number of piperidine rings is 1. The van der Waals surface area contributed by atoms with E-state index in [0.717, 1.165) is 32.0 Å². The van der Waals surface area contributed by atoms with Crippen molar-refractivity contribution in [2.75, 3.05) is 13.1 Å². The first kappa shape index (κ1) is 12.8. The summed E-state index contributed by atoms with van der Waals surface area (Å²) >= 11 is 0. The lowest BCUT2D eigenvalue weighted by molar-refractivity contribution is -0.138. The quantitative estimate of drug-likeness (QED) is 0.812. The van der Waals surface area contributed by atoms with Crippen molar-refractivity contribution in [1.29, 1.82) is 0 Å². The smallest absolute Gasteiger partial charge is 0.303 e. The number of aliphatic carboxylic acids is 1. The molecular formula is C11H20ClNO2. The lowest BCUT2D eigenvalue weighted by Gasteiger charge is -2.41. The number of carboxylic acid groups (broad SMARTS) is 1. The number of likely N-dealkylation sites (tertiary alicyclic amines) is 1. The van der Waals surface area contributed by atoms with E-state index in [9.17, 15) is 4.79 Å². The Morgan fingerprint density at radius 1 is 1.20 bits per heavy atom. The van der Waals surface area contributed by atoms with Gasteiger partial charge in [0.25, 0.3) is 0 Å². The van der Waals surface area contributed by atoms with Crippen LogP contribution in [0, 0.1) is 5.92 Å². The predicted octanol–water partition coefficient (Wildman–Crippen LogP) is 2.15. The normalized spacial score (nSPS) is 24.3. The van der Waals surface area contributed by atoms with Crippen molar-refractivity contribution < 1.29 is 9.90 Å². The van der Waals surface area contributed by atoms with Gasteiger partial charge in [-0.15, -0.1) is 12.4 Å². The van der Waals surface area contributed by atoms with E-state index in [1.165, 1.54) is 19.3 Å². The Morgan fingerprint density at radius 2 is 1.80 bits per heavy atom. The van der Waals surface area contributed by atoms with Crippen LogP contribution in [-0.4, -0.2) is 35.1 Å². The number of nitrogens with zero attached hydrogens (tertiary/aromatic N) is 1. The molecule has 15 heavy (non-hydrogen) atoms. The summed E-state index contributed by atoms with van der Waals surface area (Å²) in [6, 6.07) is 0.834. The minimum Gasteiger partial charge on any atom is -0.481 e. The molecule has 0 aromatic rings. The topological polar surface area (TPSA) is 40.5 Å². The maximum Gasteiger partial charge on any atom is 0.303 e. The minimum absolute atomic E-state index is 0. The maximum absolute atomic E-state index is 10.5. The Hall–Kier alpha value is -0.280. The molecule has 1 saturated carbocycles. The fourth-order valence-corrected chi connectivity index (χ4v) is 2.52. The van der Waals surface area contributed by atoms with Gasteiger partial charge in [-0.25, -0.2) is 0 Å². The zero-order valence-electron chi connectivity index (χ0n) is 9.02. The summed E-state index contributed by atoms with van der Waals surface area (Å²) in [4.78, 5) is 13.1. The molecule has 0 spiro atoms. The number of hydrogen-bond donors (Lipinski definition) is 1. The van der Waals surface area contributed by atoms with E-state index in [-0.39, 0.29) is 12.4 Å². The first-order chi connectivity index (χ1) is 6.75. The van der Waals surface area contributed by atoms with Gasteiger partial charge in [0.1, 0.15) is 0 Å². The zero-order valence-corrected chi connectivity index (χ0v) is 9.84. The van der Waals surface area contributed by atoms with E-state index in [1.807, 2.05) is 0 Å². The van der Waals surface area contributed by atoms with Crippen molar-refractivity contribution in [3.8, 4) is 0 Å². The average Bonchev–Trinajstić information content (AvgIpc) is 2.04. The molecule has 0 unspecified atom stereocenters. The first-order valence-electron chi connectivity index (χ1n) is 5.71. The number of rotatable bonds is 3. The summed E-state index contributed by atoms with van der Waals surface area (Å²) in [5.74, 6) is -0.198. The molecule has 0 aromatic carbocycles. The van der Waals surface area contributed by atoms with Gasteiger partial charge in [0.2, 0.25) is 0 Å². The number of hydrogen-bond acceptors (Lipinski definition) is 2. The van der Waals surface area contributed by atoms with Crippen LogP contribution in [0.3, 0.4) is 0 Å². The number of halogens is 1. The highest BCUT2D eigenvalue weighted by molar-refractivity contribution is 5.85. The van der Waals surface area contributed by atoms with Gasteiger partial charge in [-0.1, -0.05) is 6.42 Å². The van der Waals surface area contributed by atoms with Gasteiger partial charge in [0.05, 0.1) is 0 Å². The van der Waals surface area contributed by atoms with Gasteiger partial charge in [0.15, 0.2) is 0 Å². The first-order valence-corrected chi connectivity index (χ1v) is 5.71. The van der Waals surface area contributed by atoms with Gasteiger partial charge in [-0.2, -0.15) is 0 Å². The van der Waals surface area contributed by atoms with Gasteiger partial charge < -0.3 is 10.0 Å². The van der Waals surface area contributed by atoms with E-state index >= 15 is 0 Å². The standard InChI is InChI=1S/C11H19NO2.ClH/c13-11(14)8-9-4-6-12(7-5-9)10-2-1-3-10;/h9-10H,1-8H2,(H,13,14);1H. The Labute approximate surface area is 97.2 Å². The third kappa shape index (κ3) is 3.35. The summed E-state index contributed by atoms with van der Waals surface area (Å²) in [6.07, 6.45) is 6.66. The van der Waals surface area contributed by atoms with Crippen LogP contribution in [0.2, 0.25) is 0 Å². The molecule has 1 heterocycles. The van der Waals surface area contributed by atoms with Crippen molar-refractivity contribution in [3.05, 3.63) is 0 Å². The van der Waals surface area contributed by atoms with Crippen molar-refractivity contribution in [2.24, 2.45) is 5.92 Å². The molecule has 3 nitrogen and oxygen atoms in total. The molecule has 2 rings (SSSR count). The van der Waals surface area contributed by atoms with Crippen LogP contribution < -0.4 is 0 Å². The molecule has 0 radical (unpaired) electrons. The van der Waals surface area contributed by atoms with Crippen molar-refractivity contribution in [3.63, 3.8) is 0 Å². The number of carboxylic acids is 1. The molecule has 1 saturated heterocycles. The van der Waals surface area contributed by atoms with E-state index in [2.05, 4.69) is 4.90 Å². The van der Waals surface area contributed by atoms with Gasteiger partial charge in [-0.3, -0.25) is 4.79 Å². The second-order valence-corrected chi connectivity index (χ2v) is 4.66. The highest BCUT2D eigenvalue weighted by atomic mass is 35.5. The van der Waals surface area contributed by atoms with Gasteiger partial charge in [-0.05, 0) is 44.7 Å². The van der Waals surface area contributed by atoms with E-state index < -0.39 is 5.97 Å². The Kier molecular flexibility index (Phi) is 4.87. The molecule has 0 atom stereocenters. The van der Waals surface area contributed by atoms with Crippen LogP contribution in [0.4, 0.5) is 0 Å². The van der Waals surface area contributed by atoms with Crippen LogP contribution in [0.25, 0.3) is 0 Å². The largest absolute Gasteiger partial charge is 0.481 e. The summed E-state index contributed by atoms with van der Waals surface area (Å²) in [6.45, 7) is 2.26. The SMILES string of the molecule is Cl.O=C(O)CC1CCN(C2CCC2)CC1. The summed E-state index contributed by atoms with van der Waals surface area (Å²) in [7, 11) is 0. The van der Waals surface area contributed by atoms with Crippen molar-refractivity contribution >= 4 is 18.4 Å². The highest BCUT2D eigenvalue weighted by Crippen LogP contribution is 2.29. The van der Waals surface area contributed by atoms with Crippen LogP contribution in [0.1, 0.15) is 38.5 Å². The van der Waals surface area contributed by atoms with Crippen LogP contribution in [0.5, 0.6) is 0 Å². The average molecular weight is 234 g/mol. The fourth-order valence-electron chi connectivity index (χ4n) is 2.52. The van der Waals surface area contributed by atoms with Crippen LogP contribution in [-0.2, 0) is 4.79 Å². The third-order valence-electron chi connectivity index (χ3n) is 3.70.